The molecule has 2 fully saturated rings. The molecule has 2 aliphatic rings. The van der Waals surface area contributed by atoms with E-state index in [0.717, 1.165) is 25.7 Å². The Morgan fingerprint density at radius 1 is 1.16 bits per heavy atom. The number of carbonyl (C=O) groups excluding carboxylic acids is 2. The predicted molar refractivity (Wildman–Crippen MR) is 68.0 cm³/mol. The Balaban J connectivity index is 1.81. The molecule has 2 heterocycles. The van der Waals surface area contributed by atoms with Crippen LogP contribution in [0.2, 0.25) is 5.15 Å². The minimum atomic E-state index is -0.0577. The Kier molecular flexibility index (Phi) is 3.22. The van der Waals surface area contributed by atoms with Gasteiger partial charge in [-0.15, -0.1) is 0 Å². The third-order valence-corrected chi connectivity index (χ3v) is 4.09. The van der Waals surface area contributed by atoms with Crippen LogP contribution in [0.1, 0.15) is 31.4 Å². The van der Waals surface area contributed by atoms with E-state index in [9.17, 15) is 9.59 Å². The number of hydrogen-bond acceptors (Lipinski definition) is 4. The maximum absolute atomic E-state index is 12.2. The fraction of sp³-hybridized carbons (Fsp3) is 0.538. The van der Waals surface area contributed by atoms with E-state index < -0.39 is 0 Å². The molecule has 1 saturated carbocycles. The molecular formula is C13H14ClN3O2. The van der Waals surface area contributed by atoms with E-state index in [0.29, 0.717) is 10.8 Å². The van der Waals surface area contributed by atoms with E-state index in [4.69, 9.17) is 11.6 Å². The summed E-state index contributed by atoms with van der Waals surface area (Å²) in [6, 6.07) is 0. The lowest BCUT2D eigenvalue weighted by molar-refractivity contribution is -0.158. The molecule has 3 rings (SSSR count). The van der Waals surface area contributed by atoms with Gasteiger partial charge in [0, 0.05) is 11.8 Å². The minimum Gasteiger partial charge on any atom is -0.276 e. The number of amides is 2. The van der Waals surface area contributed by atoms with E-state index >= 15 is 0 Å². The first-order valence-corrected chi connectivity index (χ1v) is 6.84. The van der Waals surface area contributed by atoms with Gasteiger partial charge in [0.25, 0.3) is 0 Å². The van der Waals surface area contributed by atoms with Crippen LogP contribution < -0.4 is 0 Å². The number of nitrogens with zero attached hydrogens (tertiary/aromatic N) is 3. The molecule has 0 spiro atoms. The van der Waals surface area contributed by atoms with Gasteiger partial charge in [-0.1, -0.05) is 18.0 Å². The van der Waals surface area contributed by atoms with Crippen LogP contribution >= 0.6 is 11.6 Å². The maximum atomic E-state index is 12.2. The predicted octanol–water partition coefficient (Wildman–Crippen LogP) is 1.81. The second kappa shape index (κ2) is 4.89. The van der Waals surface area contributed by atoms with Gasteiger partial charge < -0.3 is 0 Å². The average molecular weight is 280 g/mol. The smallest absolute Gasteiger partial charge is 0.232 e. The number of rotatable bonds is 2. The zero-order chi connectivity index (χ0) is 13.4. The molecule has 0 N–H and O–H groups in total. The number of fused-ring (bicyclic) bond motifs is 2. The van der Waals surface area contributed by atoms with E-state index in [2.05, 4.69) is 9.97 Å². The molecule has 2 unspecified atom stereocenters. The van der Waals surface area contributed by atoms with E-state index in [1.807, 2.05) is 0 Å². The minimum absolute atomic E-state index is 0.0108. The summed E-state index contributed by atoms with van der Waals surface area (Å²) in [5, 5.41) is 0.303. The van der Waals surface area contributed by atoms with Gasteiger partial charge in [0.1, 0.15) is 5.15 Å². The van der Waals surface area contributed by atoms with E-state index in [1.165, 1.54) is 17.3 Å². The molecule has 1 aromatic heterocycles. The standard InChI is InChI=1S/C13H14ClN3O2/c14-11-6-15-10(5-16-11)7-17-12(18)8-2-1-3-9(4-8)13(17)19/h5-6,8-9H,1-4,7H2. The van der Waals surface area contributed by atoms with Crippen molar-refractivity contribution in [1.29, 1.82) is 0 Å². The maximum Gasteiger partial charge on any atom is 0.232 e. The molecule has 2 amide bonds. The molecule has 2 bridgehead atoms. The Hall–Kier alpha value is -1.49. The lowest BCUT2D eigenvalue weighted by Gasteiger charge is -2.38. The van der Waals surface area contributed by atoms with Crippen molar-refractivity contribution < 1.29 is 9.59 Å². The van der Waals surface area contributed by atoms with Gasteiger partial charge in [-0.05, 0) is 19.3 Å². The van der Waals surface area contributed by atoms with Gasteiger partial charge >= 0.3 is 0 Å². The van der Waals surface area contributed by atoms with Crippen LogP contribution in [0.25, 0.3) is 0 Å². The lowest BCUT2D eigenvalue weighted by atomic mass is 9.77. The van der Waals surface area contributed by atoms with Crippen molar-refractivity contribution in [2.45, 2.75) is 32.2 Å². The Morgan fingerprint density at radius 3 is 2.42 bits per heavy atom. The summed E-state index contributed by atoms with van der Waals surface area (Å²) in [5.74, 6) is -0.0937. The summed E-state index contributed by atoms with van der Waals surface area (Å²) in [7, 11) is 0. The van der Waals surface area contributed by atoms with Gasteiger partial charge in [-0.2, -0.15) is 0 Å². The van der Waals surface area contributed by atoms with Crippen LogP contribution in [0.15, 0.2) is 12.4 Å². The number of hydrogen-bond donors (Lipinski definition) is 0. The molecule has 1 saturated heterocycles. The summed E-state index contributed by atoms with van der Waals surface area (Å²) in [4.78, 5) is 33.9. The number of aromatic nitrogens is 2. The Labute approximate surface area is 116 Å². The third kappa shape index (κ3) is 2.34. The fourth-order valence-corrected chi connectivity index (χ4v) is 3.02. The second-order valence-electron chi connectivity index (χ2n) is 5.15. The van der Waals surface area contributed by atoms with Crippen LogP contribution in [0.3, 0.4) is 0 Å². The highest BCUT2D eigenvalue weighted by atomic mass is 35.5. The highest BCUT2D eigenvalue weighted by Gasteiger charge is 2.42. The first kappa shape index (κ1) is 12.5. The van der Waals surface area contributed by atoms with Gasteiger partial charge in [0.15, 0.2) is 0 Å². The molecule has 1 aromatic rings. The summed E-state index contributed by atoms with van der Waals surface area (Å²) in [6.07, 6.45) is 6.42. The van der Waals surface area contributed by atoms with Crippen molar-refractivity contribution in [1.82, 2.24) is 14.9 Å². The van der Waals surface area contributed by atoms with Gasteiger partial charge in [0.2, 0.25) is 11.8 Å². The second-order valence-corrected chi connectivity index (χ2v) is 5.54. The Bertz CT molecular complexity index is 495. The molecule has 19 heavy (non-hydrogen) atoms. The SMILES string of the molecule is O=C1C2CCCC(C2)C(=O)N1Cc1cnc(Cl)cn1. The molecule has 100 valence electrons. The van der Waals surface area contributed by atoms with Gasteiger partial charge in [0.05, 0.1) is 24.6 Å². The number of likely N-dealkylation sites (tertiary alicyclic amines) is 1. The van der Waals surface area contributed by atoms with Gasteiger partial charge in [-0.25, -0.2) is 4.98 Å². The quantitative estimate of drug-likeness (QED) is 0.775. The molecular weight excluding hydrogens is 266 g/mol. The summed E-state index contributed by atoms with van der Waals surface area (Å²) < 4.78 is 0. The first-order chi connectivity index (χ1) is 9.15. The van der Waals surface area contributed by atoms with Crippen molar-refractivity contribution >= 4 is 23.4 Å². The van der Waals surface area contributed by atoms with Crippen molar-refractivity contribution in [2.24, 2.45) is 11.8 Å². The number of piperidine rings is 1. The Morgan fingerprint density at radius 2 is 1.84 bits per heavy atom. The number of carbonyl (C=O) groups is 2. The molecule has 1 aliphatic heterocycles. The monoisotopic (exact) mass is 279 g/mol. The van der Waals surface area contributed by atoms with Crippen molar-refractivity contribution in [3.05, 3.63) is 23.2 Å². The fourth-order valence-electron chi connectivity index (χ4n) is 2.93. The molecule has 2 atom stereocenters. The lowest BCUT2D eigenvalue weighted by Crippen LogP contribution is -2.50. The van der Waals surface area contributed by atoms with E-state index in [-0.39, 0.29) is 30.2 Å². The highest BCUT2D eigenvalue weighted by molar-refractivity contribution is 6.29. The van der Waals surface area contributed by atoms with Crippen LogP contribution in [0.4, 0.5) is 0 Å². The average Bonchev–Trinajstić information content (AvgIpc) is 2.44. The summed E-state index contributed by atoms with van der Waals surface area (Å²) >= 11 is 5.67. The number of imide groups is 1. The highest BCUT2D eigenvalue weighted by Crippen LogP contribution is 2.36. The van der Waals surface area contributed by atoms with Crippen molar-refractivity contribution in [3.63, 3.8) is 0 Å². The van der Waals surface area contributed by atoms with Crippen LogP contribution in [-0.4, -0.2) is 26.7 Å². The van der Waals surface area contributed by atoms with Crippen LogP contribution in [0.5, 0.6) is 0 Å². The molecule has 1 aliphatic carbocycles. The summed E-state index contributed by atoms with van der Waals surface area (Å²) in [5.41, 5.74) is 0.589. The molecule has 6 heteroatoms. The molecule has 0 aromatic carbocycles. The van der Waals surface area contributed by atoms with Crippen LogP contribution in [-0.2, 0) is 16.1 Å². The van der Waals surface area contributed by atoms with Crippen molar-refractivity contribution in [2.75, 3.05) is 0 Å². The molecule has 5 nitrogen and oxygen atoms in total. The zero-order valence-corrected chi connectivity index (χ0v) is 11.1. The van der Waals surface area contributed by atoms with E-state index in [1.54, 1.807) is 0 Å². The number of halogens is 1. The summed E-state index contributed by atoms with van der Waals surface area (Å²) in [6.45, 7) is 0.203. The topological polar surface area (TPSA) is 63.2 Å². The first-order valence-electron chi connectivity index (χ1n) is 6.47. The normalized spacial score (nSPS) is 26.7. The molecule has 0 radical (unpaired) electrons. The zero-order valence-electron chi connectivity index (χ0n) is 10.4. The third-order valence-electron chi connectivity index (χ3n) is 3.90. The van der Waals surface area contributed by atoms with Gasteiger partial charge in [-0.3, -0.25) is 19.5 Å². The largest absolute Gasteiger partial charge is 0.276 e. The van der Waals surface area contributed by atoms with Crippen LogP contribution in [0, 0.1) is 11.8 Å². The van der Waals surface area contributed by atoms with Crippen molar-refractivity contribution in [3.8, 4) is 0 Å².